The van der Waals surface area contributed by atoms with Gasteiger partial charge < -0.3 is 10.6 Å². The third-order valence-corrected chi connectivity index (χ3v) is 5.40. The molecule has 0 aromatic heterocycles. The second kappa shape index (κ2) is 9.78. The molecule has 26 heavy (non-hydrogen) atoms. The third-order valence-electron chi connectivity index (χ3n) is 3.73. The molecule has 0 aliphatic rings. The number of amides is 2. The van der Waals surface area contributed by atoms with Gasteiger partial charge in [0.15, 0.2) is 0 Å². The maximum atomic E-state index is 12.1. The summed E-state index contributed by atoms with van der Waals surface area (Å²) in [5, 5.41) is 5.77. The molecule has 0 atom stereocenters. The largest absolute Gasteiger partial charge is 0.351 e. The first-order valence-electron chi connectivity index (χ1n) is 8.40. The van der Waals surface area contributed by atoms with Crippen LogP contribution in [0.25, 0.3) is 0 Å². The van der Waals surface area contributed by atoms with Crippen molar-refractivity contribution >= 4 is 45.2 Å². The molecule has 6 heteroatoms. The van der Waals surface area contributed by atoms with E-state index in [9.17, 15) is 9.59 Å². The number of carbonyl (C=O) groups excluding carboxylic acids is 2. The summed E-state index contributed by atoms with van der Waals surface area (Å²) < 4.78 is 1.04. The van der Waals surface area contributed by atoms with Crippen molar-refractivity contribution in [2.45, 2.75) is 32.2 Å². The second-order valence-corrected chi connectivity index (χ2v) is 8.25. The van der Waals surface area contributed by atoms with Gasteiger partial charge in [-0.1, -0.05) is 41.9 Å². The van der Waals surface area contributed by atoms with Gasteiger partial charge >= 0.3 is 0 Å². The Morgan fingerprint density at radius 2 is 1.81 bits per heavy atom. The lowest BCUT2D eigenvalue weighted by Gasteiger charge is -2.10. The van der Waals surface area contributed by atoms with E-state index in [2.05, 4.69) is 26.6 Å². The molecule has 138 valence electrons. The lowest BCUT2D eigenvalue weighted by molar-refractivity contribution is -0.119. The van der Waals surface area contributed by atoms with E-state index in [-0.39, 0.29) is 17.7 Å². The predicted molar refractivity (Wildman–Crippen MR) is 111 cm³/mol. The first kappa shape index (κ1) is 20.5. The van der Waals surface area contributed by atoms with Crippen LogP contribution < -0.4 is 10.6 Å². The molecule has 0 saturated heterocycles. The Kier molecular flexibility index (Phi) is 7.72. The van der Waals surface area contributed by atoms with Gasteiger partial charge in [0.1, 0.15) is 0 Å². The first-order chi connectivity index (χ1) is 12.3. The van der Waals surface area contributed by atoms with Crippen LogP contribution >= 0.6 is 27.7 Å². The number of nitrogens with one attached hydrogen (secondary N) is 2. The topological polar surface area (TPSA) is 58.2 Å². The zero-order chi connectivity index (χ0) is 19.1. The number of benzene rings is 2. The summed E-state index contributed by atoms with van der Waals surface area (Å²) in [6.07, 6.45) is 0. The number of hydrogen-bond acceptors (Lipinski definition) is 3. The van der Waals surface area contributed by atoms with E-state index in [1.165, 1.54) is 11.8 Å². The number of carbonyl (C=O) groups is 2. The molecule has 0 radical (unpaired) electrons. The molecule has 0 aliphatic carbocycles. The molecule has 2 amide bonds. The van der Waals surface area contributed by atoms with Gasteiger partial charge in [-0.25, -0.2) is 0 Å². The Balaban J connectivity index is 1.79. The zero-order valence-electron chi connectivity index (χ0n) is 15.1. The van der Waals surface area contributed by atoms with Gasteiger partial charge in [-0.15, -0.1) is 11.8 Å². The predicted octanol–water partition coefficient (Wildman–Crippen LogP) is 4.76. The van der Waals surface area contributed by atoms with Crippen molar-refractivity contribution < 1.29 is 9.59 Å². The van der Waals surface area contributed by atoms with Gasteiger partial charge in [-0.3, -0.25) is 9.59 Å². The zero-order valence-corrected chi connectivity index (χ0v) is 17.5. The number of hydrogen-bond donors (Lipinski definition) is 2. The SMILES string of the molecule is Cc1cc(Br)ccc1SCC(=O)NCc1ccc(NC(=O)C(C)C)cc1. The number of rotatable bonds is 7. The van der Waals surface area contributed by atoms with Crippen molar-refractivity contribution in [3.63, 3.8) is 0 Å². The lowest BCUT2D eigenvalue weighted by Crippen LogP contribution is -2.24. The van der Waals surface area contributed by atoms with Gasteiger partial charge in [-0.2, -0.15) is 0 Å². The summed E-state index contributed by atoms with van der Waals surface area (Å²) >= 11 is 4.97. The van der Waals surface area contributed by atoms with E-state index >= 15 is 0 Å². The van der Waals surface area contributed by atoms with Gasteiger partial charge in [0.2, 0.25) is 11.8 Å². The molecule has 0 unspecified atom stereocenters. The molecular weight excluding hydrogens is 412 g/mol. The monoisotopic (exact) mass is 434 g/mol. The fraction of sp³-hybridized carbons (Fsp3) is 0.300. The van der Waals surface area contributed by atoms with E-state index in [1.54, 1.807) is 0 Å². The average Bonchev–Trinajstić information content (AvgIpc) is 2.60. The van der Waals surface area contributed by atoms with E-state index < -0.39 is 0 Å². The van der Waals surface area contributed by atoms with Crippen LogP contribution in [0, 0.1) is 12.8 Å². The number of halogens is 1. The maximum Gasteiger partial charge on any atom is 0.230 e. The number of thioether (sulfide) groups is 1. The highest BCUT2D eigenvalue weighted by Crippen LogP contribution is 2.25. The van der Waals surface area contributed by atoms with Gasteiger partial charge in [0, 0.05) is 27.5 Å². The molecule has 2 aromatic rings. The Bertz CT molecular complexity index is 776. The minimum Gasteiger partial charge on any atom is -0.351 e. The summed E-state index contributed by atoms with van der Waals surface area (Å²) in [4.78, 5) is 24.8. The molecule has 0 fully saturated rings. The average molecular weight is 435 g/mol. The van der Waals surface area contributed by atoms with Crippen molar-refractivity contribution in [1.29, 1.82) is 0 Å². The molecular formula is C20H23BrN2O2S. The van der Waals surface area contributed by atoms with E-state index in [0.29, 0.717) is 12.3 Å². The van der Waals surface area contributed by atoms with Crippen LogP contribution in [0.4, 0.5) is 5.69 Å². The van der Waals surface area contributed by atoms with Crippen molar-refractivity contribution in [1.82, 2.24) is 5.32 Å². The summed E-state index contributed by atoms with van der Waals surface area (Å²) in [5.41, 5.74) is 2.90. The van der Waals surface area contributed by atoms with Crippen LogP contribution in [0.5, 0.6) is 0 Å². The van der Waals surface area contributed by atoms with E-state index in [1.807, 2.05) is 63.2 Å². The number of anilines is 1. The van der Waals surface area contributed by atoms with Crippen LogP contribution in [0.15, 0.2) is 51.8 Å². The Morgan fingerprint density at radius 3 is 2.42 bits per heavy atom. The summed E-state index contributed by atoms with van der Waals surface area (Å²) in [6.45, 7) is 6.21. The summed E-state index contributed by atoms with van der Waals surface area (Å²) in [6, 6.07) is 13.5. The van der Waals surface area contributed by atoms with Crippen LogP contribution in [0.2, 0.25) is 0 Å². The minimum absolute atomic E-state index is 0.00509. The Morgan fingerprint density at radius 1 is 1.12 bits per heavy atom. The van der Waals surface area contributed by atoms with Crippen LogP contribution in [-0.2, 0) is 16.1 Å². The van der Waals surface area contributed by atoms with Crippen molar-refractivity contribution in [3.05, 3.63) is 58.1 Å². The smallest absolute Gasteiger partial charge is 0.230 e. The quantitative estimate of drug-likeness (QED) is 0.617. The molecule has 0 bridgehead atoms. The molecule has 0 aliphatic heterocycles. The first-order valence-corrected chi connectivity index (χ1v) is 10.2. The van der Waals surface area contributed by atoms with Gasteiger partial charge in [0.25, 0.3) is 0 Å². The van der Waals surface area contributed by atoms with Crippen molar-refractivity contribution in [2.24, 2.45) is 5.92 Å². The Labute approximate surface area is 167 Å². The van der Waals surface area contributed by atoms with E-state index in [4.69, 9.17) is 0 Å². The fourth-order valence-corrected chi connectivity index (χ4v) is 3.48. The van der Waals surface area contributed by atoms with Crippen molar-refractivity contribution in [3.8, 4) is 0 Å². The van der Waals surface area contributed by atoms with Crippen LogP contribution in [0.3, 0.4) is 0 Å². The molecule has 0 saturated carbocycles. The highest BCUT2D eigenvalue weighted by molar-refractivity contribution is 9.10. The van der Waals surface area contributed by atoms with Gasteiger partial charge in [0.05, 0.1) is 5.75 Å². The molecule has 4 nitrogen and oxygen atoms in total. The second-order valence-electron chi connectivity index (χ2n) is 6.32. The Hall–Kier alpha value is -1.79. The fourth-order valence-electron chi connectivity index (χ4n) is 2.16. The molecule has 0 spiro atoms. The molecule has 2 aromatic carbocycles. The van der Waals surface area contributed by atoms with Crippen LogP contribution in [0.1, 0.15) is 25.0 Å². The standard InChI is InChI=1S/C20H23BrN2O2S/c1-13(2)20(25)23-17-7-4-15(5-8-17)11-22-19(24)12-26-18-9-6-16(21)10-14(18)3/h4-10,13H,11-12H2,1-3H3,(H,22,24)(H,23,25). The highest BCUT2D eigenvalue weighted by Gasteiger charge is 2.08. The van der Waals surface area contributed by atoms with Gasteiger partial charge in [-0.05, 0) is 48.4 Å². The molecule has 2 N–H and O–H groups in total. The summed E-state index contributed by atoms with van der Waals surface area (Å²) in [7, 11) is 0. The van der Waals surface area contributed by atoms with Crippen LogP contribution in [-0.4, -0.2) is 17.6 Å². The number of aryl methyl sites for hydroxylation is 1. The summed E-state index contributed by atoms with van der Waals surface area (Å²) in [5.74, 6) is 0.312. The van der Waals surface area contributed by atoms with E-state index in [0.717, 1.165) is 26.2 Å². The molecule has 2 rings (SSSR count). The normalized spacial score (nSPS) is 10.7. The highest BCUT2D eigenvalue weighted by atomic mass is 79.9. The minimum atomic E-state index is -0.0548. The molecule has 0 heterocycles. The lowest BCUT2D eigenvalue weighted by atomic mass is 10.1. The maximum absolute atomic E-state index is 12.1. The third kappa shape index (κ3) is 6.50. The van der Waals surface area contributed by atoms with Crippen molar-refractivity contribution in [2.75, 3.05) is 11.1 Å².